The number of carbonyl (C=O) groups is 2. The van der Waals surface area contributed by atoms with Crippen LogP contribution in [0, 0.1) is 5.82 Å². The summed E-state index contributed by atoms with van der Waals surface area (Å²) in [4.78, 5) is 25.1. The molecule has 2 heterocycles. The highest BCUT2D eigenvalue weighted by Gasteiger charge is 2.33. The molecule has 0 radical (unpaired) electrons. The van der Waals surface area contributed by atoms with E-state index in [1.54, 1.807) is 6.07 Å². The molecule has 2 aliphatic rings. The fourth-order valence-electron chi connectivity index (χ4n) is 3.24. The van der Waals surface area contributed by atoms with Crippen LogP contribution in [0.5, 0.6) is 0 Å². The van der Waals surface area contributed by atoms with Crippen molar-refractivity contribution in [2.75, 3.05) is 37.7 Å². The lowest BCUT2D eigenvalue weighted by molar-refractivity contribution is -0.121. The first-order chi connectivity index (χ1) is 11.5. The molecule has 2 amide bonds. The van der Waals surface area contributed by atoms with E-state index in [1.807, 2.05) is 11.0 Å². The minimum absolute atomic E-state index is 0.117. The number of hydrogen-bond acceptors (Lipinski definition) is 4. The molecule has 2 fully saturated rings. The average molecular weight is 335 g/mol. The number of amides is 2. The van der Waals surface area contributed by atoms with Crippen LogP contribution in [0.2, 0.25) is 0 Å². The molecule has 1 aromatic rings. The highest BCUT2D eigenvalue weighted by Crippen LogP contribution is 2.30. The number of morpholine rings is 1. The van der Waals surface area contributed by atoms with Gasteiger partial charge in [-0.15, -0.1) is 0 Å². The second-order valence-electron chi connectivity index (χ2n) is 6.24. The minimum atomic E-state index is -0.378. The van der Waals surface area contributed by atoms with Gasteiger partial charge in [0, 0.05) is 32.6 Å². The second kappa shape index (κ2) is 7.17. The lowest BCUT2D eigenvalue weighted by atomic mass is 9.95. The summed E-state index contributed by atoms with van der Waals surface area (Å²) in [6.07, 6.45) is 0.551. The molecule has 2 atom stereocenters. The van der Waals surface area contributed by atoms with Gasteiger partial charge in [0.25, 0.3) is 0 Å². The van der Waals surface area contributed by atoms with Crippen LogP contribution in [-0.2, 0) is 14.3 Å². The molecule has 1 aromatic carbocycles. The molecule has 2 saturated heterocycles. The van der Waals surface area contributed by atoms with Gasteiger partial charge in [-0.1, -0.05) is 6.07 Å². The van der Waals surface area contributed by atoms with Gasteiger partial charge >= 0.3 is 0 Å². The van der Waals surface area contributed by atoms with E-state index in [1.165, 1.54) is 13.0 Å². The standard InChI is InChI=1S/C17H22FN3O3/c1-11(22)19-10-13-9-14(17(23)20-13)12-2-3-16(15(18)8-12)21-4-6-24-7-5-21/h2-3,8,13-14H,4-7,9-10H2,1H3,(H,19,22)(H,20,23)/t13-,14-/m0/s1. The minimum Gasteiger partial charge on any atom is -0.378 e. The lowest BCUT2D eigenvalue weighted by Gasteiger charge is -2.29. The Hall–Kier alpha value is -2.15. The van der Waals surface area contributed by atoms with Crippen molar-refractivity contribution in [3.63, 3.8) is 0 Å². The van der Waals surface area contributed by atoms with Gasteiger partial charge in [0.05, 0.1) is 24.8 Å². The first-order valence-electron chi connectivity index (χ1n) is 8.21. The number of nitrogens with zero attached hydrogens (tertiary/aromatic N) is 1. The Balaban J connectivity index is 1.69. The maximum atomic E-state index is 14.5. The quantitative estimate of drug-likeness (QED) is 0.853. The van der Waals surface area contributed by atoms with E-state index in [2.05, 4.69) is 10.6 Å². The van der Waals surface area contributed by atoms with Gasteiger partial charge in [0.2, 0.25) is 11.8 Å². The third-order valence-corrected chi connectivity index (χ3v) is 4.51. The van der Waals surface area contributed by atoms with E-state index < -0.39 is 0 Å². The molecule has 0 saturated carbocycles. The van der Waals surface area contributed by atoms with Gasteiger partial charge in [-0.25, -0.2) is 4.39 Å². The van der Waals surface area contributed by atoms with E-state index in [9.17, 15) is 14.0 Å². The van der Waals surface area contributed by atoms with Crippen molar-refractivity contribution in [2.45, 2.75) is 25.3 Å². The Kier molecular flexibility index (Phi) is 4.99. The van der Waals surface area contributed by atoms with Crippen molar-refractivity contribution in [3.05, 3.63) is 29.6 Å². The molecule has 2 N–H and O–H groups in total. The number of benzene rings is 1. The number of hydrogen-bond donors (Lipinski definition) is 2. The van der Waals surface area contributed by atoms with Gasteiger partial charge in [-0.2, -0.15) is 0 Å². The largest absolute Gasteiger partial charge is 0.378 e. The third kappa shape index (κ3) is 3.67. The van der Waals surface area contributed by atoms with Crippen LogP contribution in [-0.4, -0.2) is 50.7 Å². The van der Waals surface area contributed by atoms with Crippen molar-refractivity contribution in [3.8, 4) is 0 Å². The van der Waals surface area contributed by atoms with Crippen LogP contribution in [0.15, 0.2) is 18.2 Å². The molecule has 24 heavy (non-hydrogen) atoms. The zero-order valence-electron chi connectivity index (χ0n) is 13.7. The van der Waals surface area contributed by atoms with E-state index in [-0.39, 0.29) is 29.6 Å². The molecule has 0 bridgehead atoms. The summed E-state index contributed by atoms with van der Waals surface area (Å²) >= 11 is 0. The maximum absolute atomic E-state index is 14.5. The number of nitrogens with one attached hydrogen (secondary N) is 2. The van der Waals surface area contributed by atoms with E-state index in [0.29, 0.717) is 50.5 Å². The number of ether oxygens (including phenoxy) is 1. The van der Waals surface area contributed by atoms with Gasteiger partial charge in [0.15, 0.2) is 0 Å². The molecule has 130 valence electrons. The fourth-order valence-corrected chi connectivity index (χ4v) is 3.24. The summed E-state index contributed by atoms with van der Waals surface area (Å²) in [6.45, 7) is 4.35. The highest BCUT2D eigenvalue weighted by atomic mass is 19.1. The summed E-state index contributed by atoms with van der Waals surface area (Å²) in [7, 11) is 0. The first kappa shape index (κ1) is 16.7. The molecule has 0 spiro atoms. The summed E-state index contributed by atoms with van der Waals surface area (Å²) < 4.78 is 19.8. The van der Waals surface area contributed by atoms with Crippen LogP contribution in [0.4, 0.5) is 10.1 Å². The smallest absolute Gasteiger partial charge is 0.227 e. The molecule has 0 unspecified atom stereocenters. The zero-order valence-corrected chi connectivity index (χ0v) is 13.7. The Bertz CT molecular complexity index is 632. The normalized spacial score (nSPS) is 23.9. The predicted molar refractivity (Wildman–Crippen MR) is 87.4 cm³/mol. The molecule has 0 aliphatic carbocycles. The molecule has 2 aliphatic heterocycles. The summed E-state index contributed by atoms with van der Waals surface area (Å²) in [5.41, 5.74) is 1.22. The van der Waals surface area contributed by atoms with Gasteiger partial charge < -0.3 is 20.3 Å². The van der Waals surface area contributed by atoms with Crippen LogP contribution >= 0.6 is 0 Å². The monoisotopic (exact) mass is 335 g/mol. The van der Waals surface area contributed by atoms with Crippen molar-refractivity contribution >= 4 is 17.5 Å². The Morgan fingerprint density at radius 2 is 2.17 bits per heavy atom. The number of carbonyl (C=O) groups excluding carboxylic acids is 2. The van der Waals surface area contributed by atoms with Crippen molar-refractivity contribution < 1.29 is 18.7 Å². The topological polar surface area (TPSA) is 70.7 Å². The number of halogens is 1. The third-order valence-electron chi connectivity index (χ3n) is 4.51. The number of rotatable bonds is 4. The molecule has 0 aromatic heterocycles. The zero-order chi connectivity index (χ0) is 17.1. The van der Waals surface area contributed by atoms with Crippen molar-refractivity contribution in [2.24, 2.45) is 0 Å². The van der Waals surface area contributed by atoms with E-state index in [4.69, 9.17) is 4.74 Å². The molecular formula is C17H22FN3O3. The Morgan fingerprint density at radius 1 is 1.42 bits per heavy atom. The summed E-state index contributed by atoms with van der Waals surface area (Å²) in [6, 6.07) is 4.90. The Labute approximate surface area is 140 Å². The first-order valence-corrected chi connectivity index (χ1v) is 8.21. The van der Waals surface area contributed by atoms with Crippen LogP contribution in [0.25, 0.3) is 0 Å². The molecular weight excluding hydrogens is 313 g/mol. The second-order valence-corrected chi connectivity index (χ2v) is 6.24. The molecule has 7 heteroatoms. The predicted octanol–water partition coefficient (Wildman–Crippen LogP) is 0.770. The molecule has 6 nitrogen and oxygen atoms in total. The van der Waals surface area contributed by atoms with E-state index in [0.717, 1.165) is 0 Å². The Morgan fingerprint density at radius 3 is 2.83 bits per heavy atom. The van der Waals surface area contributed by atoms with Crippen molar-refractivity contribution in [1.29, 1.82) is 0 Å². The number of anilines is 1. The van der Waals surface area contributed by atoms with Gasteiger partial charge in [-0.3, -0.25) is 9.59 Å². The summed E-state index contributed by atoms with van der Waals surface area (Å²) in [5.74, 6) is -0.943. The van der Waals surface area contributed by atoms with E-state index >= 15 is 0 Å². The fraction of sp³-hybridized carbons (Fsp3) is 0.529. The van der Waals surface area contributed by atoms with Crippen LogP contribution in [0.3, 0.4) is 0 Å². The van der Waals surface area contributed by atoms with Crippen molar-refractivity contribution in [1.82, 2.24) is 10.6 Å². The van der Waals surface area contributed by atoms with Crippen LogP contribution < -0.4 is 15.5 Å². The van der Waals surface area contributed by atoms with Gasteiger partial charge in [0.1, 0.15) is 5.82 Å². The average Bonchev–Trinajstić information content (AvgIpc) is 2.94. The SMILES string of the molecule is CC(=O)NC[C@@H]1C[C@@H](c2ccc(N3CCOCC3)c(F)c2)C(=O)N1. The highest BCUT2D eigenvalue weighted by molar-refractivity contribution is 5.86. The lowest BCUT2D eigenvalue weighted by Crippen LogP contribution is -2.37. The molecule has 3 rings (SSSR count). The maximum Gasteiger partial charge on any atom is 0.227 e. The van der Waals surface area contributed by atoms with Crippen LogP contribution in [0.1, 0.15) is 24.8 Å². The summed E-state index contributed by atoms with van der Waals surface area (Å²) in [5, 5.41) is 5.55. The van der Waals surface area contributed by atoms with Gasteiger partial charge in [-0.05, 0) is 24.1 Å².